The third kappa shape index (κ3) is 6.41. The largest absolute Gasteiger partial charge is 0.335 e. The summed E-state index contributed by atoms with van der Waals surface area (Å²) in [6.07, 6.45) is 9.48. The summed E-state index contributed by atoms with van der Waals surface area (Å²) in [4.78, 5) is 8.51. The summed E-state index contributed by atoms with van der Waals surface area (Å²) in [5, 5.41) is 0. The van der Waals surface area contributed by atoms with E-state index < -0.39 is 0 Å². The van der Waals surface area contributed by atoms with Crippen LogP contribution in [0.4, 0.5) is 39.8 Å². The molecule has 14 rings (SSSR count). The molecule has 8 aromatic rings. The second-order valence-corrected chi connectivity index (χ2v) is 26.1. The Labute approximate surface area is 447 Å². The van der Waals surface area contributed by atoms with E-state index in [9.17, 15) is 0 Å². The molecular weight excluding hydrogens is 906 g/mol. The zero-order valence-electron chi connectivity index (χ0n) is 45.8. The Balaban J connectivity index is 1.12. The van der Waals surface area contributed by atoms with Gasteiger partial charge in [-0.2, -0.15) is 0 Å². The van der Waals surface area contributed by atoms with Gasteiger partial charge in [0.15, 0.2) is 0 Å². The highest BCUT2D eigenvalue weighted by Gasteiger charge is 2.65. The second-order valence-electron chi connectivity index (χ2n) is 26.1. The van der Waals surface area contributed by atoms with E-state index in [1.54, 1.807) is 0 Å². The predicted octanol–water partition coefficient (Wildman–Crippen LogP) is 16.7. The standard InChI is InChI=1S/C71H72BN3/c1-66(2,3)52-32-36-60-56(42-52)68(7)37-19-20-38-69(68,8)74(60)55-45-62-64-63(46-55)75-65-57(71(51-27-17-12-18-28-51)40-22-21-39-70(71,75)9)43-53(67(4,5)6)44-59(65)72(64)58-41-50(48-25-15-11-16-26-48)31-35-61(58)73(62)54-33-29-49(30-34-54)47-23-13-10-14-24-47/h10-18,23-36,41-46H,19-22,37-40H2,1-9H3. The average Bonchev–Trinajstić information content (AvgIpc) is 4.06. The molecule has 4 heteroatoms. The monoisotopic (exact) mass is 978 g/mol. The van der Waals surface area contributed by atoms with Gasteiger partial charge >= 0.3 is 0 Å². The number of nitrogens with zero attached hydrogens (tertiary/aromatic N) is 3. The summed E-state index contributed by atoms with van der Waals surface area (Å²) in [5.41, 5.74) is 25.3. The molecule has 4 heterocycles. The number of fused-ring (bicyclic) bond motifs is 10. The highest BCUT2D eigenvalue weighted by molar-refractivity contribution is 7.00. The average molecular weight is 978 g/mol. The normalized spacial score (nSPS) is 24.0. The summed E-state index contributed by atoms with van der Waals surface area (Å²) >= 11 is 0. The molecule has 2 saturated carbocycles. The van der Waals surface area contributed by atoms with Crippen LogP contribution in [0.5, 0.6) is 0 Å². The fourth-order valence-electron chi connectivity index (χ4n) is 16.0. The van der Waals surface area contributed by atoms with E-state index in [1.807, 2.05) is 0 Å². The summed E-state index contributed by atoms with van der Waals surface area (Å²) in [7, 11) is 0. The smallest absolute Gasteiger partial charge is 0.252 e. The fraction of sp³-hybridized carbons (Fsp3) is 0.324. The van der Waals surface area contributed by atoms with Crippen molar-refractivity contribution < 1.29 is 0 Å². The van der Waals surface area contributed by atoms with Crippen molar-refractivity contribution in [2.45, 2.75) is 146 Å². The van der Waals surface area contributed by atoms with Gasteiger partial charge in [0.25, 0.3) is 6.71 Å². The van der Waals surface area contributed by atoms with Crippen LogP contribution >= 0.6 is 0 Å². The molecule has 8 aromatic carbocycles. The lowest BCUT2D eigenvalue weighted by Gasteiger charge is -2.54. The van der Waals surface area contributed by atoms with Crippen molar-refractivity contribution in [3.63, 3.8) is 0 Å². The number of hydrogen-bond donors (Lipinski definition) is 0. The second kappa shape index (κ2) is 16.1. The van der Waals surface area contributed by atoms with Crippen LogP contribution in [-0.4, -0.2) is 17.8 Å². The third-order valence-electron chi connectivity index (χ3n) is 20.2. The lowest BCUT2D eigenvalue weighted by atomic mass is 9.33. The third-order valence-corrected chi connectivity index (χ3v) is 20.2. The SMILES string of the molecule is CC(C)(C)c1ccc2c(c1)C1(C)CCCCC1(C)N2c1cc2c3c(c1)N1c4c(cc(C(C)(C)C)cc4C4(c5ccccc5)CCCCC14C)B3c1cc(-c3ccccc3)ccc1N2c1ccc(-c2ccccc2)cc1. The van der Waals surface area contributed by atoms with Crippen molar-refractivity contribution in [1.29, 1.82) is 0 Å². The number of benzene rings is 8. The Kier molecular flexibility index (Phi) is 10.0. The molecule has 0 bridgehead atoms. The van der Waals surface area contributed by atoms with Crippen LogP contribution in [0.25, 0.3) is 22.3 Å². The molecule has 4 aliphatic heterocycles. The number of rotatable bonds is 5. The van der Waals surface area contributed by atoms with Crippen LogP contribution in [0, 0.1) is 0 Å². The Morgan fingerprint density at radius 2 is 0.973 bits per heavy atom. The minimum Gasteiger partial charge on any atom is -0.335 e. The van der Waals surface area contributed by atoms with Crippen molar-refractivity contribution in [2.75, 3.05) is 14.7 Å². The first-order valence-corrected chi connectivity index (χ1v) is 28.4. The fourth-order valence-corrected chi connectivity index (χ4v) is 16.0. The van der Waals surface area contributed by atoms with Gasteiger partial charge < -0.3 is 14.7 Å². The predicted molar refractivity (Wildman–Crippen MR) is 320 cm³/mol. The van der Waals surface area contributed by atoms with Gasteiger partial charge in [-0.05, 0) is 153 Å². The molecule has 0 N–H and O–H groups in total. The van der Waals surface area contributed by atoms with Gasteiger partial charge in [0, 0.05) is 50.6 Å². The summed E-state index contributed by atoms with van der Waals surface area (Å²) in [6, 6.07) is 68.9. The molecule has 75 heavy (non-hydrogen) atoms. The van der Waals surface area contributed by atoms with Gasteiger partial charge in [-0.1, -0.05) is 214 Å². The zero-order chi connectivity index (χ0) is 51.4. The van der Waals surface area contributed by atoms with Gasteiger partial charge in [0.2, 0.25) is 0 Å². The van der Waals surface area contributed by atoms with E-state index >= 15 is 0 Å². The maximum absolute atomic E-state index is 2.97. The molecule has 0 amide bonds. The first kappa shape index (κ1) is 46.7. The topological polar surface area (TPSA) is 9.72 Å². The maximum Gasteiger partial charge on any atom is 0.252 e. The van der Waals surface area contributed by atoms with Crippen LogP contribution in [0.3, 0.4) is 0 Å². The van der Waals surface area contributed by atoms with Crippen molar-refractivity contribution >= 4 is 62.9 Å². The van der Waals surface area contributed by atoms with Gasteiger partial charge in [-0.25, -0.2) is 0 Å². The van der Waals surface area contributed by atoms with Gasteiger partial charge in [-0.15, -0.1) is 0 Å². The lowest BCUT2D eigenvalue weighted by Crippen LogP contribution is -2.65. The molecule has 4 unspecified atom stereocenters. The lowest BCUT2D eigenvalue weighted by molar-refractivity contribution is 0.194. The van der Waals surface area contributed by atoms with Gasteiger partial charge in [0.1, 0.15) is 0 Å². The minimum atomic E-state index is -0.236. The quantitative estimate of drug-likeness (QED) is 0.159. The molecule has 0 saturated heterocycles. The highest BCUT2D eigenvalue weighted by Crippen LogP contribution is 2.67. The van der Waals surface area contributed by atoms with E-state index in [2.05, 4.69) is 253 Å². The van der Waals surface area contributed by atoms with Crippen molar-refractivity contribution in [1.82, 2.24) is 0 Å². The van der Waals surface area contributed by atoms with Crippen LogP contribution in [-0.2, 0) is 21.7 Å². The van der Waals surface area contributed by atoms with Crippen LogP contribution in [0.1, 0.15) is 141 Å². The Morgan fingerprint density at radius 1 is 0.413 bits per heavy atom. The van der Waals surface area contributed by atoms with Gasteiger partial charge in [0.05, 0.1) is 11.1 Å². The van der Waals surface area contributed by atoms with E-state index in [-0.39, 0.29) is 39.5 Å². The Hall–Kier alpha value is -6.78. The van der Waals surface area contributed by atoms with Crippen LogP contribution in [0.15, 0.2) is 176 Å². The number of anilines is 7. The molecule has 2 fully saturated rings. The molecule has 3 nitrogen and oxygen atoms in total. The van der Waals surface area contributed by atoms with Gasteiger partial charge in [-0.3, -0.25) is 0 Å². The first-order chi connectivity index (χ1) is 36.0. The highest BCUT2D eigenvalue weighted by atomic mass is 15.3. The van der Waals surface area contributed by atoms with Crippen LogP contribution in [0.2, 0.25) is 0 Å². The molecule has 374 valence electrons. The molecule has 4 atom stereocenters. The Morgan fingerprint density at radius 3 is 1.65 bits per heavy atom. The maximum atomic E-state index is 2.97. The van der Waals surface area contributed by atoms with Crippen LogP contribution < -0.4 is 31.1 Å². The van der Waals surface area contributed by atoms with E-state index in [1.165, 1.54) is 138 Å². The minimum absolute atomic E-state index is 0.00201. The van der Waals surface area contributed by atoms with E-state index in [0.717, 1.165) is 19.3 Å². The summed E-state index contributed by atoms with van der Waals surface area (Å²) in [6.45, 7) is 22.3. The summed E-state index contributed by atoms with van der Waals surface area (Å²) < 4.78 is 0. The van der Waals surface area contributed by atoms with E-state index in [4.69, 9.17) is 0 Å². The molecule has 6 aliphatic rings. The van der Waals surface area contributed by atoms with Crippen molar-refractivity contribution in [2.24, 2.45) is 0 Å². The van der Waals surface area contributed by atoms with Crippen molar-refractivity contribution in [3.05, 3.63) is 204 Å². The molecule has 0 spiro atoms. The zero-order valence-corrected chi connectivity index (χ0v) is 45.8. The Bertz CT molecular complexity index is 3590. The first-order valence-electron chi connectivity index (χ1n) is 28.4. The molecule has 2 aliphatic carbocycles. The molecular formula is C71H72BN3. The number of hydrogen-bond acceptors (Lipinski definition) is 3. The van der Waals surface area contributed by atoms with Crippen molar-refractivity contribution in [3.8, 4) is 22.3 Å². The van der Waals surface area contributed by atoms with E-state index in [0.29, 0.717) is 0 Å². The molecule has 0 radical (unpaired) electrons. The molecule has 0 aromatic heterocycles. The summed E-state index contributed by atoms with van der Waals surface area (Å²) in [5.74, 6) is 0.